The molecule has 1 aliphatic carbocycles. The fourth-order valence-electron chi connectivity index (χ4n) is 3.01. The van der Waals surface area contributed by atoms with E-state index in [0.29, 0.717) is 19.4 Å². The van der Waals surface area contributed by atoms with Gasteiger partial charge >= 0.3 is 0 Å². The number of hydrogen-bond donors (Lipinski definition) is 2. The first-order valence-corrected chi connectivity index (χ1v) is 8.10. The molecule has 2 amide bonds. The van der Waals surface area contributed by atoms with Crippen LogP contribution in [0, 0.1) is 0 Å². The molecule has 6 heteroatoms. The quantitative estimate of drug-likeness (QED) is 0.820. The highest BCUT2D eigenvalue weighted by Crippen LogP contribution is 2.29. The highest BCUT2D eigenvalue weighted by atomic mass is 16.5. The molecule has 1 aromatic carbocycles. The normalized spacial score (nSPS) is 29.5. The van der Waals surface area contributed by atoms with Crippen molar-refractivity contribution in [3.8, 4) is 5.75 Å². The summed E-state index contributed by atoms with van der Waals surface area (Å²) in [5.74, 6) is 0.552. The van der Waals surface area contributed by atoms with Crippen molar-refractivity contribution in [2.24, 2.45) is 0 Å². The van der Waals surface area contributed by atoms with Crippen LogP contribution in [0.5, 0.6) is 5.75 Å². The van der Waals surface area contributed by atoms with Gasteiger partial charge < -0.3 is 20.1 Å². The number of amides is 2. The maximum Gasteiger partial charge on any atom is 0.242 e. The molecule has 1 aromatic rings. The van der Waals surface area contributed by atoms with Gasteiger partial charge in [0.05, 0.1) is 12.1 Å². The van der Waals surface area contributed by atoms with Crippen LogP contribution >= 0.6 is 0 Å². The van der Waals surface area contributed by atoms with Gasteiger partial charge in [-0.1, -0.05) is 18.2 Å². The SMILES string of the molecule is CCO[C@@H]1C[C@@H](NC(=O)[C@H]2CCC(=O)N2)[C@H]1Oc1ccccc1. The lowest BCUT2D eigenvalue weighted by Gasteiger charge is -2.44. The first-order chi connectivity index (χ1) is 11.2. The Morgan fingerprint density at radius 2 is 2.13 bits per heavy atom. The van der Waals surface area contributed by atoms with Gasteiger partial charge in [0.25, 0.3) is 0 Å². The number of rotatable bonds is 6. The van der Waals surface area contributed by atoms with Crippen molar-refractivity contribution in [2.45, 2.75) is 50.5 Å². The molecule has 1 saturated heterocycles. The van der Waals surface area contributed by atoms with Crippen LogP contribution in [-0.2, 0) is 14.3 Å². The number of carbonyl (C=O) groups is 2. The van der Waals surface area contributed by atoms with E-state index in [9.17, 15) is 9.59 Å². The van der Waals surface area contributed by atoms with Crippen molar-refractivity contribution in [3.05, 3.63) is 30.3 Å². The summed E-state index contributed by atoms with van der Waals surface area (Å²) < 4.78 is 11.7. The van der Waals surface area contributed by atoms with Crippen molar-refractivity contribution < 1.29 is 19.1 Å². The third kappa shape index (κ3) is 3.64. The van der Waals surface area contributed by atoms with Crippen LogP contribution in [-0.4, -0.2) is 42.7 Å². The van der Waals surface area contributed by atoms with E-state index in [0.717, 1.165) is 12.2 Å². The number of carbonyl (C=O) groups excluding carboxylic acids is 2. The zero-order chi connectivity index (χ0) is 16.2. The fraction of sp³-hybridized carbons (Fsp3) is 0.529. The van der Waals surface area contributed by atoms with Crippen LogP contribution in [0.4, 0.5) is 0 Å². The Kier molecular flexibility index (Phi) is 4.81. The Morgan fingerprint density at radius 3 is 2.78 bits per heavy atom. The van der Waals surface area contributed by atoms with Crippen LogP contribution in [0.3, 0.4) is 0 Å². The Balaban J connectivity index is 1.59. The van der Waals surface area contributed by atoms with Crippen molar-refractivity contribution >= 4 is 11.8 Å². The Morgan fingerprint density at radius 1 is 1.35 bits per heavy atom. The molecule has 4 atom stereocenters. The second kappa shape index (κ2) is 7.00. The predicted octanol–water partition coefficient (Wildman–Crippen LogP) is 1.01. The van der Waals surface area contributed by atoms with Crippen LogP contribution in [0.15, 0.2) is 30.3 Å². The topological polar surface area (TPSA) is 76.7 Å². The molecule has 0 unspecified atom stereocenters. The second-order valence-electron chi connectivity index (χ2n) is 5.90. The zero-order valence-corrected chi connectivity index (χ0v) is 13.2. The summed E-state index contributed by atoms with van der Waals surface area (Å²) in [6.45, 7) is 2.55. The number of benzene rings is 1. The van der Waals surface area contributed by atoms with Gasteiger partial charge in [-0.3, -0.25) is 9.59 Å². The van der Waals surface area contributed by atoms with E-state index < -0.39 is 6.04 Å². The molecule has 1 saturated carbocycles. The van der Waals surface area contributed by atoms with Crippen molar-refractivity contribution in [1.29, 1.82) is 0 Å². The van der Waals surface area contributed by atoms with E-state index in [2.05, 4.69) is 10.6 Å². The Labute approximate surface area is 135 Å². The molecule has 6 nitrogen and oxygen atoms in total. The number of hydrogen-bond acceptors (Lipinski definition) is 4. The molecule has 2 aliphatic rings. The van der Waals surface area contributed by atoms with Gasteiger partial charge in [0, 0.05) is 19.4 Å². The summed E-state index contributed by atoms with van der Waals surface area (Å²) in [6, 6.07) is 8.99. The highest BCUT2D eigenvalue weighted by Gasteiger charge is 2.45. The molecule has 3 rings (SSSR count). The molecule has 2 N–H and O–H groups in total. The van der Waals surface area contributed by atoms with Gasteiger partial charge in [-0.25, -0.2) is 0 Å². The monoisotopic (exact) mass is 318 g/mol. The fourth-order valence-corrected chi connectivity index (χ4v) is 3.01. The molecule has 23 heavy (non-hydrogen) atoms. The first kappa shape index (κ1) is 15.8. The lowest BCUT2D eigenvalue weighted by molar-refractivity contribution is -0.134. The van der Waals surface area contributed by atoms with Crippen LogP contribution < -0.4 is 15.4 Å². The molecular weight excluding hydrogens is 296 g/mol. The number of nitrogens with one attached hydrogen (secondary N) is 2. The molecule has 1 heterocycles. The van der Waals surface area contributed by atoms with E-state index in [4.69, 9.17) is 9.47 Å². The van der Waals surface area contributed by atoms with E-state index in [-0.39, 0.29) is 30.1 Å². The summed E-state index contributed by atoms with van der Waals surface area (Å²) in [5.41, 5.74) is 0. The molecule has 124 valence electrons. The number of para-hydroxylation sites is 1. The summed E-state index contributed by atoms with van der Waals surface area (Å²) >= 11 is 0. The minimum absolute atomic E-state index is 0.0244. The van der Waals surface area contributed by atoms with Gasteiger partial charge in [0.1, 0.15) is 17.9 Å². The average Bonchev–Trinajstić information content (AvgIpc) is 2.99. The van der Waals surface area contributed by atoms with Crippen LogP contribution in [0.2, 0.25) is 0 Å². The lowest BCUT2D eigenvalue weighted by Crippen LogP contribution is -2.64. The third-order valence-electron chi connectivity index (χ3n) is 4.28. The molecule has 0 aromatic heterocycles. The molecule has 1 aliphatic heterocycles. The predicted molar refractivity (Wildman–Crippen MR) is 84.0 cm³/mol. The minimum atomic E-state index is -0.425. The summed E-state index contributed by atoms with van der Waals surface area (Å²) in [7, 11) is 0. The Hall–Kier alpha value is -2.08. The maximum absolute atomic E-state index is 12.2. The first-order valence-electron chi connectivity index (χ1n) is 8.10. The van der Waals surface area contributed by atoms with Gasteiger partial charge in [-0.05, 0) is 25.5 Å². The summed E-state index contributed by atoms with van der Waals surface area (Å²) in [5, 5.41) is 5.66. The molecular formula is C17H22N2O4. The average molecular weight is 318 g/mol. The molecule has 0 spiro atoms. The molecule has 0 bridgehead atoms. The van der Waals surface area contributed by atoms with Crippen molar-refractivity contribution in [3.63, 3.8) is 0 Å². The second-order valence-corrected chi connectivity index (χ2v) is 5.90. The third-order valence-corrected chi connectivity index (χ3v) is 4.28. The minimum Gasteiger partial charge on any atom is -0.486 e. The van der Waals surface area contributed by atoms with Gasteiger partial charge in [0.15, 0.2) is 0 Å². The summed E-state index contributed by atoms with van der Waals surface area (Å²) in [6.07, 6.45) is 1.45. The van der Waals surface area contributed by atoms with Gasteiger partial charge in [-0.15, -0.1) is 0 Å². The molecule has 0 radical (unpaired) electrons. The van der Waals surface area contributed by atoms with Crippen LogP contribution in [0.25, 0.3) is 0 Å². The number of ether oxygens (including phenoxy) is 2. The molecule has 2 fully saturated rings. The van der Waals surface area contributed by atoms with Gasteiger partial charge in [0.2, 0.25) is 11.8 Å². The van der Waals surface area contributed by atoms with Crippen LogP contribution in [0.1, 0.15) is 26.2 Å². The van der Waals surface area contributed by atoms with E-state index in [1.807, 2.05) is 37.3 Å². The van der Waals surface area contributed by atoms with E-state index in [1.54, 1.807) is 0 Å². The maximum atomic E-state index is 12.2. The highest BCUT2D eigenvalue weighted by molar-refractivity contribution is 5.91. The zero-order valence-electron chi connectivity index (χ0n) is 13.2. The van der Waals surface area contributed by atoms with E-state index in [1.165, 1.54) is 0 Å². The van der Waals surface area contributed by atoms with Crippen molar-refractivity contribution in [1.82, 2.24) is 10.6 Å². The lowest BCUT2D eigenvalue weighted by atomic mass is 9.84. The van der Waals surface area contributed by atoms with Gasteiger partial charge in [-0.2, -0.15) is 0 Å². The largest absolute Gasteiger partial charge is 0.486 e. The standard InChI is InChI=1S/C17H22N2O4/c1-2-22-14-10-13(16(14)23-11-6-4-3-5-7-11)19-17(21)12-8-9-15(20)18-12/h3-7,12-14,16H,2,8-10H2,1H3,(H,18,20)(H,19,21)/t12-,13-,14-,16-/m1/s1. The van der Waals surface area contributed by atoms with Crippen molar-refractivity contribution in [2.75, 3.05) is 6.61 Å². The smallest absolute Gasteiger partial charge is 0.242 e. The van der Waals surface area contributed by atoms with E-state index >= 15 is 0 Å². The summed E-state index contributed by atoms with van der Waals surface area (Å²) in [4.78, 5) is 23.5. The Bertz CT molecular complexity index is 563.